The van der Waals surface area contributed by atoms with E-state index < -0.39 is 34.9 Å². The minimum atomic E-state index is -1.04. The molecule has 1 fully saturated rings. The largest absolute Gasteiger partial charge is 0.481 e. The molecule has 0 radical (unpaired) electrons. The van der Waals surface area contributed by atoms with Crippen LogP contribution in [0.1, 0.15) is 29.6 Å². The Hall–Kier alpha value is -2.55. The van der Waals surface area contributed by atoms with Crippen molar-refractivity contribution in [1.82, 2.24) is 0 Å². The minimum absolute atomic E-state index is 0.0556. The van der Waals surface area contributed by atoms with Crippen LogP contribution in [-0.2, 0) is 4.79 Å². The van der Waals surface area contributed by atoms with Crippen LogP contribution in [0.15, 0.2) is 29.3 Å². The third kappa shape index (κ3) is 2.82. The summed E-state index contributed by atoms with van der Waals surface area (Å²) in [5, 5.41) is 18.0. The van der Waals surface area contributed by atoms with E-state index in [0.29, 0.717) is 12.0 Å². The van der Waals surface area contributed by atoms with Gasteiger partial charge in [-0.3, -0.25) is 9.59 Å². The zero-order valence-electron chi connectivity index (χ0n) is 10.9. The van der Waals surface area contributed by atoms with E-state index in [4.69, 9.17) is 10.4 Å². The number of aliphatic carboxylic acids is 1. The van der Waals surface area contributed by atoms with Crippen LogP contribution >= 0.6 is 0 Å². The predicted octanol–water partition coefficient (Wildman–Crippen LogP) is 2.85. The number of ketones is 1. The number of carboxylic acid groups (broad SMARTS) is 1. The number of carbonyl (C=O) groups is 2. The van der Waals surface area contributed by atoms with Gasteiger partial charge in [0.1, 0.15) is 17.7 Å². The van der Waals surface area contributed by atoms with Crippen LogP contribution in [0.25, 0.3) is 0 Å². The third-order valence-corrected chi connectivity index (χ3v) is 3.52. The summed E-state index contributed by atoms with van der Waals surface area (Å²) in [6.45, 7) is 0. The van der Waals surface area contributed by atoms with E-state index in [0.717, 1.165) is 18.2 Å². The first-order valence-corrected chi connectivity index (χ1v) is 6.29. The number of Topliss-reactive ketones (excluding diaryl/α,β-unsaturated/α-hetero) is 1. The van der Waals surface area contributed by atoms with Crippen LogP contribution in [0.5, 0.6) is 0 Å². The molecule has 6 heteroatoms. The van der Waals surface area contributed by atoms with Gasteiger partial charge in [-0.1, -0.05) is 6.07 Å². The summed E-state index contributed by atoms with van der Waals surface area (Å²) < 4.78 is 27.2. The molecule has 1 aromatic carbocycles. The van der Waals surface area contributed by atoms with Gasteiger partial charge < -0.3 is 5.11 Å². The molecule has 0 heterocycles. The average Bonchev–Trinajstić information content (AvgIpc) is 2.89. The smallest absolute Gasteiger partial charge is 0.306 e. The van der Waals surface area contributed by atoms with E-state index in [-0.39, 0.29) is 18.4 Å². The molecule has 1 atom stereocenters. The Bertz CT molecular complexity index is 668. The second-order valence-electron chi connectivity index (χ2n) is 4.79. The Balaban J connectivity index is 2.42. The first kappa shape index (κ1) is 14.9. The number of nitriles is 1. The van der Waals surface area contributed by atoms with Crippen LogP contribution in [0.2, 0.25) is 0 Å². The second-order valence-corrected chi connectivity index (χ2v) is 4.79. The van der Waals surface area contributed by atoms with Crippen LogP contribution in [-0.4, -0.2) is 16.9 Å². The molecule has 21 heavy (non-hydrogen) atoms. The van der Waals surface area contributed by atoms with Gasteiger partial charge in [-0.25, -0.2) is 8.78 Å². The Morgan fingerprint density at radius 1 is 1.29 bits per heavy atom. The SMILES string of the molecule is N#C/C(C(=O)c1c(F)cccc1F)=C1\CCC(C(=O)O)C1. The van der Waals surface area contributed by atoms with E-state index >= 15 is 0 Å². The Kier molecular flexibility index (Phi) is 4.13. The zero-order valence-corrected chi connectivity index (χ0v) is 10.9. The van der Waals surface area contributed by atoms with Gasteiger partial charge in [-0.2, -0.15) is 5.26 Å². The first-order valence-electron chi connectivity index (χ1n) is 6.29. The summed E-state index contributed by atoms with van der Waals surface area (Å²) >= 11 is 0. The van der Waals surface area contributed by atoms with Crippen LogP contribution in [0.3, 0.4) is 0 Å². The standard InChI is InChI=1S/C15H11F2NO3/c16-11-2-1-3-12(17)13(11)14(19)10(7-18)8-4-5-9(6-8)15(20)21/h1-3,9H,4-6H2,(H,20,21)/b10-8-. The molecule has 0 spiro atoms. The summed E-state index contributed by atoms with van der Waals surface area (Å²) in [6, 6.07) is 4.65. The van der Waals surface area contributed by atoms with Crippen molar-refractivity contribution in [3.8, 4) is 6.07 Å². The summed E-state index contributed by atoms with van der Waals surface area (Å²) in [5.74, 6) is -4.79. The molecular formula is C15H11F2NO3. The molecule has 0 aromatic heterocycles. The number of carboxylic acids is 1. The van der Waals surface area contributed by atoms with Crippen molar-refractivity contribution in [2.75, 3.05) is 0 Å². The van der Waals surface area contributed by atoms with E-state index in [1.165, 1.54) is 0 Å². The number of benzene rings is 1. The molecule has 108 valence electrons. The van der Waals surface area contributed by atoms with Gasteiger partial charge in [-0.05, 0) is 37.0 Å². The predicted molar refractivity (Wildman–Crippen MR) is 68.3 cm³/mol. The van der Waals surface area contributed by atoms with E-state index in [1.807, 2.05) is 0 Å². The van der Waals surface area contributed by atoms with Crippen LogP contribution in [0, 0.1) is 28.9 Å². The van der Waals surface area contributed by atoms with Gasteiger partial charge in [0.15, 0.2) is 0 Å². The molecule has 1 saturated carbocycles. The molecule has 1 aliphatic carbocycles. The topological polar surface area (TPSA) is 78.2 Å². The molecule has 1 N–H and O–H groups in total. The highest BCUT2D eigenvalue weighted by molar-refractivity contribution is 6.12. The number of allylic oxidation sites excluding steroid dienone is 2. The molecule has 1 aliphatic rings. The van der Waals surface area contributed by atoms with Gasteiger partial charge in [0.25, 0.3) is 0 Å². The minimum Gasteiger partial charge on any atom is -0.481 e. The summed E-state index contributed by atoms with van der Waals surface area (Å²) in [7, 11) is 0. The van der Waals surface area contributed by atoms with Crippen LogP contribution in [0.4, 0.5) is 8.78 Å². The van der Waals surface area contributed by atoms with Crippen LogP contribution < -0.4 is 0 Å². The second kappa shape index (κ2) is 5.83. The maximum atomic E-state index is 13.6. The lowest BCUT2D eigenvalue weighted by atomic mass is 9.97. The normalized spacial score (nSPS) is 20.0. The zero-order chi connectivity index (χ0) is 15.6. The van der Waals surface area contributed by atoms with Crippen molar-refractivity contribution < 1.29 is 23.5 Å². The summed E-state index contributed by atoms with van der Waals surface area (Å²) in [4.78, 5) is 23.1. The maximum absolute atomic E-state index is 13.6. The average molecular weight is 291 g/mol. The lowest BCUT2D eigenvalue weighted by molar-refractivity contribution is -0.141. The fourth-order valence-electron chi connectivity index (χ4n) is 2.42. The maximum Gasteiger partial charge on any atom is 0.306 e. The molecule has 1 aromatic rings. The Morgan fingerprint density at radius 2 is 1.90 bits per heavy atom. The lowest BCUT2D eigenvalue weighted by Crippen LogP contribution is -2.11. The molecular weight excluding hydrogens is 280 g/mol. The highest BCUT2D eigenvalue weighted by Crippen LogP contribution is 2.33. The van der Waals surface area contributed by atoms with E-state index in [2.05, 4.69) is 0 Å². The number of hydrogen-bond donors (Lipinski definition) is 1. The molecule has 2 rings (SSSR count). The van der Waals surface area contributed by atoms with E-state index in [1.54, 1.807) is 6.07 Å². The number of rotatable bonds is 3. The summed E-state index contributed by atoms with van der Waals surface area (Å²) in [5.41, 5.74) is -0.791. The van der Waals surface area contributed by atoms with Gasteiger partial charge in [0.2, 0.25) is 5.78 Å². The quantitative estimate of drug-likeness (QED) is 0.527. The summed E-state index contributed by atoms with van der Waals surface area (Å²) in [6.07, 6.45) is 0.630. The van der Waals surface area contributed by atoms with Gasteiger partial charge in [0.05, 0.1) is 17.1 Å². The highest BCUT2D eigenvalue weighted by Gasteiger charge is 2.31. The van der Waals surface area contributed by atoms with Crippen molar-refractivity contribution in [2.45, 2.75) is 19.3 Å². The van der Waals surface area contributed by atoms with Crippen molar-refractivity contribution >= 4 is 11.8 Å². The number of nitrogens with zero attached hydrogens (tertiary/aromatic N) is 1. The molecule has 0 aliphatic heterocycles. The monoisotopic (exact) mass is 291 g/mol. The number of halogens is 2. The fraction of sp³-hybridized carbons (Fsp3) is 0.267. The van der Waals surface area contributed by atoms with Gasteiger partial charge >= 0.3 is 5.97 Å². The molecule has 0 saturated heterocycles. The number of hydrogen-bond acceptors (Lipinski definition) is 3. The molecule has 0 bridgehead atoms. The lowest BCUT2D eigenvalue weighted by Gasteiger charge is -2.06. The molecule has 0 amide bonds. The van der Waals surface area contributed by atoms with Gasteiger partial charge in [-0.15, -0.1) is 0 Å². The van der Waals surface area contributed by atoms with Crippen molar-refractivity contribution in [2.24, 2.45) is 5.92 Å². The molecule has 1 unspecified atom stereocenters. The van der Waals surface area contributed by atoms with Crippen molar-refractivity contribution in [3.05, 3.63) is 46.5 Å². The third-order valence-electron chi connectivity index (χ3n) is 3.52. The number of carbonyl (C=O) groups excluding carboxylic acids is 1. The Morgan fingerprint density at radius 3 is 2.38 bits per heavy atom. The van der Waals surface area contributed by atoms with Crippen molar-refractivity contribution in [1.29, 1.82) is 5.26 Å². The highest BCUT2D eigenvalue weighted by atomic mass is 19.1. The van der Waals surface area contributed by atoms with Gasteiger partial charge in [0, 0.05) is 0 Å². The van der Waals surface area contributed by atoms with Crippen molar-refractivity contribution in [3.63, 3.8) is 0 Å². The van der Waals surface area contributed by atoms with E-state index in [9.17, 15) is 18.4 Å². The molecule has 4 nitrogen and oxygen atoms in total. The Labute approximate surface area is 119 Å². The first-order chi connectivity index (χ1) is 9.95. The fourth-order valence-corrected chi connectivity index (χ4v) is 2.42.